The van der Waals surface area contributed by atoms with Gasteiger partial charge in [-0.3, -0.25) is 9.59 Å². The number of benzene rings is 1. The SMILES string of the molecule is Cc1cccc(C(C(=O)NC(C)C)N(C(=O)CNC(=O)OC(C)(C)C)C2CC2)c1C. The first-order valence-corrected chi connectivity index (χ1v) is 10.5. The Hall–Kier alpha value is -2.57. The van der Waals surface area contributed by atoms with Crippen LogP contribution < -0.4 is 10.6 Å². The molecule has 30 heavy (non-hydrogen) atoms. The van der Waals surface area contributed by atoms with Crippen LogP contribution in [0.2, 0.25) is 0 Å². The molecule has 0 spiro atoms. The molecule has 1 aromatic carbocycles. The highest BCUT2D eigenvalue weighted by Gasteiger charge is 2.42. The number of carbonyl (C=O) groups excluding carboxylic acids is 3. The summed E-state index contributed by atoms with van der Waals surface area (Å²) < 4.78 is 5.22. The number of alkyl carbamates (subject to hydrolysis) is 1. The molecule has 1 aliphatic rings. The number of aryl methyl sites for hydroxylation is 1. The van der Waals surface area contributed by atoms with Gasteiger partial charge in [-0.25, -0.2) is 4.79 Å². The van der Waals surface area contributed by atoms with Crippen LogP contribution in [-0.2, 0) is 14.3 Å². The molecule has 2 N–H and O–H groups in total. The third kappa shape index (κ3) is 6.47. The first-order valence-electron chi connectivity index (χ1n) is 10.5. The van der Waals surface area contributed by atoms with Gasteiger partial charge in [0, 0.05) is 12.1 Å². The van der Waals surface area contributed by atoms with Crippen molar-refractivity contribution in [2.24, 2.45) is 0 Å². The van der Waals surface area contributed by atoms with Gasteiger partial charge in [0.2, 0.25) is 11.8 Å². The Labute approximate surface area is 179 Å². The predicted molar refractivity (Wildman–Crippen MR) is 116 cm³/mol. The Kier molecular flexibility index (Phi) is 7.50. The van der Waals surface area contributed by atoms with Crippen molar-refractivity contribution in [2.45, 2.75) is 85.0 Å². The highest BCUT2D eigenvalue weighted by molar-refractivity contribution is 5.91. The molecule has 0 radical (unpaired) electrons. The molecule has 1 aliphatic carbocycles. The van der Waals surface area contributed by atoms with Crippen molar-refractivity contribution in [2.75, 3.05) is 6.54 Å². The Bertz CT molecular complexity index is 794. The summed E-state index contributed by atoms with van der Waals surface area (Å²) in [5.41, 5.74) is 2.21. The molecule has 1 unspecified atom stereocenters. The largest absolute Gasteiger partial charge is 0.444 e. The molecule has 2 rings (SSSR count). The van der Waals surface area contributed by atoms with Gasteiger partial charge in [0.05, 0.1) is 0 Å². The molecule has 1 saturated carbocycles. The monoisotopic (exact) mass is 417 g/mol. The van der Waals surface area contributed by atoms with E-state index in [1.54, 1.807) is 25.7 Å². The van der Waals surface area contributed by atoms with Gasteiger partial charge < -0.3 is 20.3 Å². The lowest BCUT2D eigenvalue weighted by Crippen LogP contribution is -2.50. The zero-order chi connectivity index (χ0) is 22.6. The molecule has 0 saturated heterocycles. The minimum absolute atomic E-state index is 0.0132. The van der Waals surface area contributed by atoms with Crippen LogP contribution in [0.4, 0.5) is 4.79 Å². The zero-order valence-electron chi connectivity index (χ0n) is 19.2. The van der Waals surface area contributed by atoms with Gasteiger partial charge in [-0.05, 0) is 78.0 Å². The fraction of sp³-hybridized carbons (Fsp3) is 0.609. The van der Waals surface area contributed by atoms with Gasteiger partial charge in [-0.15, -0.1) is 0 Å². The average Bonchev–Trinajstić information content (AvgIpc) is 3.43. The lowest BCUT2D eigenvalue weighted by Gasteiger charge is -2.33. The first-order chi connectivity index (χ1) is 13.9. The summed E-state index contributed by atoms with van der Waals surface area (Å²) in [6, 6.07) is 4.98. The van der Waals surface area contributed by atoms with E-state index in [1.165, 1.54) is 0 Å². The van der Waals surface area contributed by atoms with Gasteiger partial charge in [0.25, 0.3) is 0 Å². The first kappa shape index (κ1) is 23.7. The third-order valence-electron chi connectivity index (χ3n) is 4.91. The fourth-order valence-electron chi connectivity index (χ4n) is 3.32. The molecule has 0 bridgehead atoms. The summed E-state index contributed by atoms with van der Waals surface area (Å²) in [6.45, 7) is 12.8. The average molecular weight is 418 g/mol. The Morgan fingerprint density at radius 1 is 1.17 bits per heavy atom. The molecule has 0 heterocycles. The van der Waals surface area contributed by atoms with Crippen LogP contribution in [0.5, 0.6) is 0 Å². The van der Waals surface area contributed by atoms with E-state index in [2.05, 4.69) is 10.6 Å². The van der Waals surface area contributed by atoms with Crippen molar-refractivity contribution in [3.05, 3.63) is 34.9 Å². The summed E-state index contributed by atoms with van der Waals surface area (Å²) in [5, 5.41) is 5.49. The molecule has 166 valence electrons. The van der Waals surface area contributed by atoms with Crippen LogP contribution in [0.25, 0.3) is 0 Å². The van der Waals surface area contributed by atoms with E-state index in [4.69, 9.17) is 4.74 Å². The second kappa shape index (κ2) is 9.49. The maximum atomic E-state index is 13.2. The van der Waals surface area contributed by atoms with Gasteiger partial charge in [-0.1, -0.05) is 18.2 Å². The summed E-state index contributed by atoms with van der Waals surface area (Å²) in [6.07, 6.45) is 1.03. The molecule has 1 fully saturated rings. The fourth-order valence-corrected chi connectivity index (χ4v) is 3.32. The Balaban J connectivity index is 2.30. The molecule has 0 aliphatic heterocycles. The Morgan fingerprint density at radius 3 is 2.33 bits per heavy atom. The van der Waals surface area contributed by atoms with E-state index >= 15 is 0 Å². The second-order valence-electron chi connectivity index (χ2n) is 9.24. The van der Waals surface area contributed by atoms with E-state index in [0.29, 0.717) is 0 Å². The topological polar surface area (TPSA) is 87.7 Å². The molecule has 7 heteroatoms. The van der Waals surface area contributed by atoms with E-state index in [-0.39, 0.29) is 30.4 Å². The molecule has 1 atom stereocenters. The van der Waals surface area contributed by atoms with Crippen molar-refractivity contribution >= 4 is 17.9 Å². The minimum atomic E-state index is -0.743. The van der Waals surface area contributed by atoms with E-state index in [1.807, 2.05) is 45.9 Å². The highest BCUT2D eigenvalue weighted by atomic mass is 16.6. The molecule has 0 aromatic heterocycles. The van der Waals surface area contributed by atoms with E-state index < -0.39 is 17.7 Å². The standard InChI is InChI=1S/C23H35N3O4/c1-14(2)25-21(28)20(18-10-8-9-15(3)16(18)4)26(17-11-12-17)19(27)13-24-22(29)30-23(5,6)7/h8-10,14,17,20H,11-13H2,1-7H3,(H,24,29)(H,25,28). The summed E-state index contributed by atoms with van der Waals surface area (Å²) in [7, 11) is 0. The van der Waals surface area contributed by atoms with Crippen molar-refractivity contribution in [1.82, 2.24) is 15.5 Å². The lowest BCUT2D eigenvalue weighted by molar-refractivity contribution is -0.141. The minimum Gasteiger partial charge on any atom is -0.444 e. The van der Waals surface area contributed by atoms with Crippen LogP contribution in [0.1, 0.15) is 70.2 Å². The van der Waals surface area contributed by atoms with Gasteiger partial charge in [0.15, 0.2) is 0 Å². The quantitative estimate of drug-likeness (QED) is 0.712. The van der Waals surface area contributed by atoms with Crippen LogP contribution >= 0.6 is 0 Å². The number of hydrogen-bond donors (Lipinski definition) is 2. The normalized spacial score (nSPS) is 14.8. The maximum Gasteiger partial charge on any atom is 0.408 e. The third-order valence-corrected chi connectivity index (χ3v) is 4.91. The van der Waals surface area contributed by atoms with Crippen LogP contribution in [0.3, 0.4) is 0 Å². The van der Waals surface area contributed by atoms with Crippen LogP contribution in [0.15, 0.2) is 18.2 Å². The summed E-state index contributed by atoms with van der Waals surface area (Å²) in [5.74, 6) is -0.510. The molecule has 3 amide bonds. The predicted octanol–water partition coefficient (Wildman–Crippen LogP) is 3.38. The zero-order valence-corrected chi connectivity index (χ0v) is 19.2. The smallest absolute Gasteiger partial charge is 0.408 e. The number of nitrogens with one attached hydrogen (secondary N) is 2. The summed E-state index contributed by atoms with van der Waals surface area (Å²) in [4.78, 5) is 40.0. The number of carbonyl (C=O) groups is 3. The van der Waals surface area contributed by atoms with Gasteiger partial charge in [0.1, 0.15) is 18.2 Å². The van der Waals surface area contributed by atoms with Crippen LogP contribution in [-0.4, -0.2) is 47.0 Å². The van der Waals surface area contributed by atoms with Crippen molar-refractivity contribution in [3.63, 3.8) is 0 Å². The van der Waals surface area contributed by atoms with Gasteiger partial charge in [-0.2, -0.15) is 0 Å². The second-order valence-corrected chi connectivity index (χ2v) is 9.24. The molecular formula is C23H35N3O4. The molecular weight excluding hydrogens is 382 g/mol. The number of hydrogen-bond acceptors (Lipinski definition) is 4. The van der Waals surface area contributed by atoms with Crippen molar-refractivity contribution < 1.29 is 19.1 Å². The highest BCUT2D eigenvalue weighted by Crippen LogP contribution is 2.36. The lowest BCUT2D eigenvalue weighted by atomic mass is 9.95. The number of ether oxygens (including phenoxy) is 1. The van der Waals surface area contributed by atoms with Crippen LogP contribution in [0, 0.1) is 13.8 Å². The molecule has 1 aromatic rings. The van der Waals surface area contributed by atoms with Crippen molar-refractivity contribution in [1.29, 1.82) is 0 Å². The van der Waals surface area contributed by atoms with E-state index in [0.717, 1.165) is 29.5 Å². The molecule has 7 nitrogen and oxygen atoms in total. The maximum absolute atomic E-state index is 13.2. The Morgan fingerprint density at radius 2 is 1.80 bits per heavy atom. The van der Waals surface area contributed by atoms with E-state index in [9.17, 15) is 14.4 Å². The van der Waals surface area contributed by atoms with Crippen molar-refractivity contribution in [3.8, 4) is 0 Å². The van der Waals surface area contributed by atoms with Gasteiger partial charge >= 0.3 is 6.09 Å². The number of nitrogens with zero attached hydrogens (tertiary/aromatic N) is 1. The number of rotatable bonds is 7. The summed E-state index contributed by atoms with van der Waals surface area (Å²) >= 11 is 0. The number of amides is 3.